The van der Waals surface area contributed by atoms with Gasteiger partial charge < -0.3 is 20.5 Å². The summed E-state index contributed by atoms with van der Waals surface area (Å²) in [6.45, 7) is 7.66. The van der Waals surface area contributed by atoms with Crippen molar-refractivity contribution >= 4 is 12.1 Å². The molecule has 1 amide bonds. The zero-order chi connectivity index (χ0) is 17.5. The van der Waals surface area contributed by atoms with Gasteiger partial charge in [0.05, 0.1) is 6.61 Å². The third-order valence-corrected chi connectivity index (χ3v) is 2.93. The summed E-state index contributed by atoms with van der Waals surface area (Å²) in [4.78, 5) is 24.0. The molecule has 128 valence electrons. The number of amides is 1. The van der Waals surface area contributed by atoms with Gasteiger partial charge in [-0.15, -0.1) is 0 Å². The van der Waals surface area contributed by atoms with Crippen LogP contribution in [0.3, 0.4) is 0 Å². The van der Waals surface area contributed by atoms with E-state index in [1.54, 1.807) is 27.7 Å². The van der Waals surface area contributed by atoms with Crippen molar-refractivity contribution in [2.24, 2.45) is 5.73 Å². The Hall–Kier alpha value is -2.08. The van der Waals surface area contributed by atoms with Gasteiger partial charge in [-0.25, -0.2) is 9.59 Å². The molecule has 1 atom stereocenters. The predicted octanol–water partition coefficient (Wildman–Crippen LogP) is 2.14. The highest BCUT2D eigenvalue weighted by Crippen LogP contribution is 2.11. The molecule has 0 spiro atoms. The maximum Gasteiger partial charge on any atom is 0.408 e. The van der Waals surface area contributed by atoms with Crippen molar-refractivity contribution < 1.29 is 19.1 Å². The zero-order valence-electron chi connectivity index (χ0n) is 14.2. The number of ether oxygens (including phenoxy) is 2. The fraction of sp³-hybridized carbons (Fsp3) is 0.529. The normalized spacial score (nSPS) is 12.4. The summed E-state index contributed by atoms with van der Waals surface area (Å²) in [7, 11) is 0. The number of carbonyl (C=O) groups excluding carboxylic acids is 2. The van der Waals surface area contributed by atoms with Crippen molar-refractivity contribution in [3.8, 4) is 0 Å². The second kappa shape index (κ2) is 8.53. The third-order valence-electron chi connectivity index (χ3n) is 2.93. The van der Waals surface area contributed by atoms with Crippen LogP contribution >= 0.6 is 0 Å². The van der Waals surface area contributed by atoms with Gasteiger partial charge in [0.2, 0.25) is 0 Å². The molecule has 1 unspecified atom stereocenters. The Morgan fingerprint density at radius 2 is 1.91 bits per heavy atom. The van der Waals surface area contributed by atoms with Crippen LogP contribution in [-0.4, -0.2) is 30.3 Å². The molecule has 0 aromatic heterocycles. The highest BCUT2D eigenvalue weighted by molar-refractivity contribution is 5.81. The van der Waals surface area contributed by atoms with Crippen molar-refractivity contribution in [2.75, 3.05) is 6.61 Å². The van der Waals surface area contributed by atoms with Gasteiger partial charge in [-0.05, 0) is 38.8 Å². The summed E-state index contributed by atoms with van der Waals surface area (Å²) < 4.78 is 10.2. The summed E-state index contributed by atoms with van der Waals surface area (Å²) in [6, 6.07) is 6.75. The van der Waals surface area contributed by atoms with Crippen LogP contribution in [0.1, 0.15) is 38.8 Å². The molecule has 0 aliphatic rings. The molecule has 0 aliphatic heterocycles. The first-order valence-electron chi connectivity index (χ1n) is 7.69. The quantitative estimate of drug-likeness (QED) is 0.783. The Morgan fingerprint density at radius 3 is 2.48 bits per heavy atom. The maximum atomic E-state index is 12.1. The lowest BCUT2D eigenvalue weighted by Gasteiger charge is -2.23. The first-order chi connectivity index (χ1) is 10.7. The Balaban J connectivity index is 2.83. The van der Waals surface area contributed by atoms with E-state index in [1.165, 1.54) is 0 Å². The van der Waals surface area contributed by atoms with Gasteiger partial charge in [0.25, 0.3) is 0 Å². The predicted molar refractivity (Wildman–Crippen MR) is 87.8 cm³/mol. The number of rotatable bonds is 6. The largest absolute Gasteiger partial charge is 0.464 e. The molecule has 0 bridgehead atoms. The van der Waals surface area contributed by atoms with Gasteiger partial charge in [0, 0.05) is 13.0 Å². The smallest absolute Gasteiger partial charge is 0.408 e. The molecule has 1 aromatic carbocycles. The summed E-state index contributed by atoms with van der Waals surface area (Å²) in [5.74, 6) is -0.489. The van der Waals surface area contributed by atoms with E-state index < -0.39 is 23.7 Å². The number of hydrogen-bond donors (Lipinski definition) is 2. The Morgan fingerprint density at radius 1 is 1.26 bits per heavy atom. The number of benzene rings is 1. The third kappa shape index (κ3) is 7.15. The molecule has 23 heavy (non-hydrogen) atoms. The molecular formula is C17H26N2O4. The van der Waals surface area contributed by atoms with E-state index in [2.05, 4.69) is 5.32 Å². The lowest BCUT2D eigenvalue weighted by Crippen LogP contribution is -2.45. The van der Waals surface area contributed by atoms with Crippen molar-refractivity contribution in [3.63, 3.8) is 0 Å². The lowest BCUT2D eigenvalue weighted by atomic mass is 10.0. The molecule has 0 aliphatic carbocycles. The Kier molecular flexibility index (Phi) is 7.03. The number of alkyl carbamates (subject to hydrolysis) is 1. The molecule has 1 aromatic rings. The van der Waals surface area contributed by atoms with Gasteiger partial charge in [-0.2, -0.15) is 0 Å². The van der Waals surface area contributed by atoms with Crippen molar-refractivity contribution in [1.29, 1.82) is 0 Å². The van der Waals surface area contributed by atoms with Crippen LogP contribution in [0.2, 0.25) is 0 Å². The summed E-state index contributed by atoms with van der Waals surface area (Å²) in [6.07, 6.45) is -0.336. The highest BCUT2D eigenvalue weighted by atomic mass is 16.6. The Labute approximate surface area is 137 Å². The fourth-order valence-corrected chi connectivity index (χ4v) is 2.01. The summed E-state index contributed by atoms with van der Waals surface area (Å²) >= 11 is 0. The van der Waals surface area contributed by atoms with Crippen LogP contribution in [0.25, 0.3) is 0 Å². The number of nitrogens with one attached hydrogen (secondary N) is 1. The molecule has 0 fully saturated rings. The first-order valence-corrected chi connectivity index (χ1v) is 7.69. The van der Waals surface area contributed by atoms with Crippen LogP contribution in [0, 0.1) is 0 Å². The number of hydrogen-bond acceptors (Lipinski definition) is 5. The van der Waals surface area contributed by atoms with Crippen LogP contribution in [0.15, 0.2) is 24.3 Å². The minimum Gasteiger partial charge on any atom is -0.464 e. The minimum absolute atomic E-state index is 0.244. The minimum atomic E-state index is -0.808. The highest BCUT2D eigenvalue weighted by Gasteiger charge is 2.25. The van der Waals surface area contributed by atoms with E-state index in [9.17, 15) is 9.59 Å². The Bertz CT molecular complexity index is 538. The number of nitrogens with two attached hydrogens (primary N) is 1. The summed E-state index contributed by atoms with van der Waals surface area (Å²) in [5, 5.41) is 2.58. The fourth-order valence-electron chi connectivity index (χ4n) is 2.01. The number of carbonyl (C=O) groups is 2. The van der Waals surface area contributed by atoms with Crippen LogP contribution in [0.5, 0.6) is 0 Å². The molecule has 6 nitrogen and oxygen atoms in total. The van der Waals surface area contributed by atoms with Gasteiger partial charge in [0.15, 0.2) is 0 Å². The molecular weight excluding hydrogens is 296 g/mol. The number of esters is 1. The average molecular weight is 322 g/mol. The van der Waals surface area contributed by atoms with E-state index >= 15 is 0 Å². The molecule has 1 rings (SSSR count). The van der Waals surface area contributed by atoms with Crippen LogP contribution in [-0.2, 0) is 27.2 Å². The van der Waals surface area contributed by atoms with Gasteiger partial charge >= 0.3 is 12.1 Å². The average Bonchev–Trinajstić information content (AvgIpc) is 2.45. The van der Waals surface area contributed by atoms with E-state index in [-0.39, 0.29) is 6.61 Å². The van der Waals surface area contributed by atoms with Crippen molar-refractivity contribution in [2.45, 2.75) is 52.3 Å². The monoisotopic (exact) mass is 322 g/mol. The molecule has 0 saturated carbocycles. The van der Waals surface area contributed by atoms with Gasteiger partial charge in [-0.1, -0.05) is 24.3 Å². The summed E-state index contributed by atoms with van der Waals surface area (Å²) in [5.41, 5.74) is 6.84. The van der Waals surface area contributed by atoms with Gasteiger partial charge in [0.1, 0.15) is 11.6 Å². The molecule has 0 saturated heterocycles. The van der Waals surface area contributed by atoms with E-state index in [0.29, 0.717) is 13.0 Å². The van der Waals surface area contributed by atoms with E-state index in [1.807, 2.05) is 24.3 Å². The van der Waals surface area contributed by atoms with Crippen molar-refractivity contribution in [1.82, 2.24) is 5.32 Å². The second-order valence-electron chi connectivity index (χ2n) is 6.18. The van der Waals surface area contributed by atoms with Crippen molar-refractivity contribution in [3.05, 3.63) is 35.4 Å². The van der Waals surface area contributed by atoms with Gasteiger partial charge in [-0.3, -0.25) is 0 Å². The maximum absolute atomic E-state index is 12.1. The van der Waals surface area contributed by atoms with E-state index in [0.717, 1.165) is 11.1 Å². The molecule has 3 N–H and O–H groups in total. The molecule has 0 radical (unpaired) electrons. The van der Waals surface area contributed by atoms with E-state index in [4.69, 9.17) is 15.2 Å². The SMILES string of the molecule is CCOC(=O)C(Cc1cccc(CN)c1)NC(=O)OC(C)(C)C. The first kappa shape index (κ1) is 19.0. The molecule has 6 heteroatoms. The van der Waals surface area contributed by atoms with Crippen LogP contribution in [0.4, 0.5) is 4.79 Å². The topological polar surface area (TPSA) is 90.6 Å². The lowest BCUT2D eigenvalue weighted by molar-refractivity contribution is -0.145. The molecule has 0 heterocycles. The standard InChI is InChI=1S/C17H26N2O4/c1-5-22-15(20)14(19-16(21)23-17(2,3)4)10-12-7-6-8-13(9-12)11-18/h6-9,14H,5,10-11,18H2,1-4H3,(H,19,21). The van der Waals surface area contributed by atoms with Crippen LogP contribution < -0.4 is 11.1 Å². The second-order valence-corrected chi connectivity index (χ2v) is 6.18. The zero-order valence-corrected chi connectivity index (χ0v) is 14.2.